The Morgan fingerprint density at radius 1 is 1.15 bits per heavy atom. The van der Waals surface area contributed by atoms with E-state index in [-0.39, 0.29) is 30.3 Å². The molecule has 2 atom stereocenters. The van der Waals surface area contributed by atoms with Crippen molar-refractivity contribution in [1.82, 2.24) is 10.6 Å². The number of carbonyl (C=O) groups is 1. The molecule has 2 unspecified atom stereocenters. The number of hydrogen-bond donors (Lipinski definition) is 2. The van der Waals surface area contributed by atoms with Gasteiger partial charge in [0.15, 0.2) is 11.6 Å². The van der Waals surface area contributed by atoms with Gasteiger partial charge in [0.25, 0.3) is 5.91 Å². The highest BCUT2D eigenvalue weighted by Gasteiger charge is 2.29. The van der Waals surface area contributed by atoms with E-state index in [4.69, 9.17) is 0 Å². The van der Waals surface area contributed by atoms with Crippen LogP contribution < -0.4 is 10.6 Å². The number of hydrogen-bond acceptors (Lipinski definition) is 2. The van der Waals surface area contributed by atoms with Gasteiger partial charge < -0.3 is 10.6 Å². The topological polar surface area (TPSA) is 41.1 Å². The summed E-state index contributed by atoms with van der Waals surface area (Å²) < 4.78 is 26.8. The number of benzene rings is 2. The summed E-state index contributed by atoms with van der Waals surface area (Å²) in [6.45, 7) is 5.27. The minimum atomic E-state index is -0.853. The summed E-state index contributed by atoms with van der Waals surface area (Å²) in [6.07, 6.45) is 0.753. The molecule has 1 amide bonds. The molecule has 1 saturated heterocycles. The molecule has 2 N–H and O–H groups in total. The van der Waals surface area contributed by atoms with E-state index in [1.165, 1.54) is 6.07 Å². The first kappa shape index (κ1) is 20.3. The van der Waals surface area contributed by atoms with E-state index in [0.29, 0.717) is 17.7 Å². The normalized spacial score (nSPS) is 19.5. The second kappa shape index (κ2) is 8.60. The predicted octanol–water partition coefficient (Wildman–Crippen LogP) is 3.88. The van der Waals surface area contributed by atoms with Gasteiger partial charge in [0.2, 0.25) is 0 Å². The molecule has 1 fully saturated rings. The Morgan fingerprint density at radius 3 is 2.65 bits per heavy atom. The van der Waals surface area contributed by atoms with Gasteiger partial charge in [-0.05, 0) is 61.7 Å². The lowest BCUT2D eigenvalue weighted by atomic mass is 9.85. The lowest BCUT2D eigenvalue weighted by Gasteiger charge is -2.33. The fourth-order valence-corrected chi connectivity index (χ4v) is 3.40. The van der Waals surface area contributed by atoms with E-state index >= 15 is 0 Å². The molecule has 0 aromatic heterocycles. The summed E-state index contributed by atoms with van der Waals surface area (Å²) in [7, 11) is 0. The number of aryl methyl sites for hydroxylation is 1. The molecular formula is C20H23ClF2N2O. The SMILES string of the molecule is Cc1cccc(C(=O)NC2CNCCC2c2ccc(F)c(F)c2)c1C.Cl. The van der Waals surface area contributed by atoms with Crippen LogP contribution in [0.3, 0.4) is 0 Å². The highest BCUT2D eigenvalue weighted by Crippen LogP contribution is 2.27. The largest absolute Gasteiger partial charge is 0.347 e. The van der Waals surface area contributed by atoms with E-state index in [2.05, 4.69) is 10.6 Å². The second-order valence-corrected chi connectivity index (χ2v) is 6.60. The maximum Gasteiger partial charge on any atom is 0.251 e. The number of carbonyl (C=O) groups excluding carboxylic acids is 1. The molecule has 2 aromatic rings. The number of piperidine rings is 1. The zero-order valence-corrected chi connectivity index (χ0v) is 15.6. The summed E-state index contributed by atoms with van der Waals surface area (Å²) in [5.74, 6) is -1.89. The average Bonchev–Trinajstić information content (AvgIpc) is 2.60. The Balaban J connectivity index is 0.00000243. The van der Waals surface area contributed by atoms with Crippen LogP contribution in [0.1, 0.15) is 39.4 Å². The van der Waals surface area contributed by atoms with Crippen LogP contribution in [0.5, 0.6) is 0 Å². The molecule has 0 bridgehead atoms. The van der Waals surface area contributed by atoms with Gasteiger partial charge in [0.1, 0.15) is 0 Å². The third-order valence-corrected chi connectivity index (χ3v) is 5.02. The molecule has 0 spiro atoms. The Labute approximate surface area is 158 Å². The molecule has 6 heteroatoms. The van der Waals surface area contributed by atoms with E-state index in [9.17, 15) is 13.6 Å². The van der Waals surface area contributed by atoms with Crippen LogP contribution in [0.25, 0.3) is 0 Å². The monoisotopic (exact) mass is 380 g/mol. The van der Waals surface area contributed by atoms with Gasteiger partial charge in [-0.1, -0.05) is 18.2 Å². The van der Waals surface area contributed by atoms with E-state index < -0.39 is 11.6 Å². The van der Waals surface area contributed by atoms with Crippen LogP contribution in [0, 0.1) is 25.5 Å². The third kappa shape index (κ3) is 4.22. The fraction of sp³-hybridized carbons (Fsp3) is 0.350. The average molecular weight is 381 g/mol. The van der Waals surface area contributed by atoms with Gasteiger partial charge >= 0.3 is 0 Å². The van der Waals surface area contributed by atoms with Crippen molar-refractivity contribution >= 4 is 18.3 Å². The molecule has 2 aromatic carbocycles. The summed E-state index contributed by atoms with van der Waals surface area (Å²) in [5, 5.41) is 6.33. The van der Waals surface area contributed by atoms with Crippen molar-refractivity contribution < 1.29 is 13.6 Å². The first-order chi connectivity index (χ1) is 12.0. The number of rotatable bonds is 3. The van der Waals surface area contributed by atoms with Crippen molar-refractivity contribution in [3.8, 4) is 0 Å². The molecule has 3 nitrogen and oxygen atoms in total. The molecule has 3 rings (SSSR count). The smallest absolute Gasteiger partial charge is 0.251 e. The zero-order chi connectivity index (χ0) is 18.0. The van der Waals surface area contributed by atoms with E-state index in [0.717, 1.165) is 30.2 Å². The molecule has 1 aliphatic heterocycles. The standard InChI is InChI=1S/C20H22F2N2O.ClH/c1-12-4-3-5-15(13(12)2)20(25)24-19-11-23-9-8-16(19)14-6-7-17(21)18(22)10-14;/h3-7,10,16,19,23H,8-9,11H2,1-2H3,(H,24,25);1H. The van der Waals surface area contributed by atoms with Gasteiger partial charge in [-0.2, -0.15) is 0 Å². The minimum absolute atomic E-state index is 0. The maximum atomic E-state index is 13.6. The van der Waals surface area contributed by atoms with Crippen LogP contribution in [-0.2, 0) is 0 Å². The summed E-state index contributed by atoms with van der Waals surface area (Å²) >= 11 is 0. The molecular weight excluding hydrogens is 358 g/mol. The van der Waals surface area contributed by atoms with Crippen molar-refractivity contribution in [1.29, 1.82) is 0 Å². The number of nitrogens with one attached hydrogen (secondary N) is 2. The van der Waals surface area contributed by atoms with E-state index in [1.54, 1.807) is 12.1 Å². The first-order valence-corrected chi connectivity index (χ1v) is 8.50. The third-order valence-electron chi connectivity index (χ3n) is 5.02. The van der Waals surface area contributed by atoms with Crippen molar-refractivity contribution in [2.45, 2.75) is 32.2 Å². The summed E-state index contributed by atoms with van der Waals surface area (Å²) in [5.41, 5.74) is 3.38. The fourth-order valence-electron chi connectivity index (χ4n) is 3.40. The molecule has 0 radical (unpaired) electrons. The number of amides is 1. The maximum absolute atomic E-state index is 13.6. The van der Waals surface area contributed by atoms with Crippen LogP contribution >= 0.6 is 12.4 Å². The Bertz CT molecular complexity index is 797. The van der Waals surface area contributed by atoms with Gasteiger partial charge in [0.05, 0.1) is 0 Å². The zero-order valence-electron chi connectivity index (χ0n) is 14.8. The molecule has 26 heavy (non-hydrogen) atoms. The van der Waals surface area contributed by atoms with Crippen LogP contribution in [-0.4, -0.2) is 25.0 Å². The van der Waals surface area contributed by atoms with Crippen molar-refractivity contribution in [2.24, 2.45) is 0 Å². The molecule has 0 aliphatic carbocycles. The Kier molecular flexibility index (Phi) is 6.73. The Hall–Kier alpha value is -1.98. The van der Waals surface area contributed by atoms with E-state index in [1.807, 2.05) is 26.0 Å². The Morgan fingerprint density at radius 2 is 1.92 bits per heavy atom. The van der Waals surface area contributed by atoms with Crippen LogP contribution in [0.15, 0.2) is 36.4 Å². The van der Waals surface area contributed by atoms with Crippen molar-refractivity contribution in [2.75, 3.05) is 13.1 Å². The molecule has 140 valence electrons. The quantitative estimate of drug-likeness (QED) is 0.848. The van der Waals surface area contributed by atoms with Crippen LogP contribution in [0.2, 0.25) is 0 Å². The van der Waals surface area contributed by atoms with Crippen LogP contribution in [0.4, 0.5) is 8.78 Å². The first-order valence-electron chi connectivity index (χ1n) is 8.50. The van der Waals surface area contributed by atoms with Gasteiger partial charge in [-0.15, -0.1) is 12.4 Å². The minimum Gasteiger partial charge on any atom is -0.347 e. The van der Waals surface area contributed by atoms with Crippen molar-refractivity contribution in [3.05, 3.63) is 70.3 Å². The van der Waals surface area contributed by atoms with Crippen molar-refractivity contribution in [3.63, 3.8) is 0 Å². The van der Waals surface area contributed by atoms with Gasteiger partial charge in [-0.3, -0.25) is 4.79 Å². The predicted molar refractivity (Wildman–Crippen MR) is 101 cm³/mol. The van der Waals surface area contributed by atoms with Gasteiger partial charge in [-0.25, -0.2) is 8.78 Å². The summed E-state index contributed by atoms with van der Waals surface area (Å²) in [6, 6.07) is 9.46. The highest BCUT2D eigenvalue weighted by molar-refractivity contribution is 5.96. The number of halogens is 3. The molecule has 1 aliphatic rings. The highest BCUT2D eigenvalue weighted by atomic mass is 35.5. The molecule has 0 saturated carbocycles. The lowest BCUT2D eigenvalue weighted by molar-refractivity contribution is 0.0923. The lowest BCUT2D eigenvalue weighted by Crippen LogP contribution is -2.50. The van der Waals surface area contributed by atoms with Gasteiger partial charge in [0, 0.05) is 24.1 Å². The molecule has 1 heterocycles. The second-order valence-electron chi connectivity index (χ2n) is 6.60. The summed E-state index contributed by atoms with van der Waals surface area (Å²) in [4.78, 5) is 12.7.